The number of hydrogen-bond donors (Lipinski definition) is 1. The Morgan fingerprint density at radius 3 is 2.70 bits per heavy atom. The quantitative estimate of drug-likeness (QED) is 0.555. The minimum atomic E-state index is 0.552. The number of benzene rings is 1. The van der Waals surface area contributed by atoms with Crippen molar-refractivity contribution in [2.24, 2.45) is 5.92 Å². The molecule has 0 bridgehead atoms. The van der Waals surface area contributed by atoms with Crippen LogP contribution in [-0.2, 0) is 17.7 Å². The lowest BCUT2D eigenvalue weighted by Gasteiger charge is -2.17. The van der Waals surface area contributed by atoms with E-state index in [1.807, 2.05) is 6.20 Å². The van der Waals surface area contributed by atoms with Crippen LogP contribution in [0.5, 0.6) is 5.75 Å². The van der Waals surface area contributed by atoms with E-state index in [0.717, 1.165) is 36.5 Å². The van der Waals surface area contributed by atoms with Crippen LogP contribution in [0.2, 0.25) is 0 Å². The van der Waals surface area contributed by atoms with Gasteiger partial charge < -0.3 is 14.4 Å². The summed E-state index contributed by atoms with van der Waals surface area (Å²) in [6, 6.07) is 6.50. The van der Waals surface area contributed by atoms with Gasteiger partial charge in [-0.25, -0.2) is 0 Å². The highest BCUT2D eigenvalue weighted by atomic mass is 16.5. The summed E-state index contributed by atoms with van der Waals surface area (Å²) in [7, 11) is 3.86. The molecule has 27 heavy (non-hydrogen) atoms. The second kappa shape index (κ2) is 11.1. The molecule has 1 N–H and O–H groups in total. The Balaban J connectivity index is 2.25. The maximum Gasteiger partial charge on any atom is 0.120 e. The first-order chi connectivity index (χ1) is 13.0. The summed E-state index contributed by atoms with van der Waals surface area (Å²) in [4.78, 5) is 2.35. The molecule has 0 spiro atoms. The first kappa shape index (κ1) is 21.5. The fourth-order valence-corrected chi connectivity index (χ4v) is 3.20. The van der Waals surface area contributed by atoms with Gasteiger partial charge in [-0.15, -0.1) is 0 Å². The van der Waals surface area contributed by atoms with Crippen LogP contribution in [0.1, 0.15) is 44.7 Å². The zero-order chi connectivity index (χ0) is 19.6. The van der Waals surface area contributed by atoms with Crippen molar-refractivity contribution in [1.29, 1.82) is 0 Å². The Bertz CT molecular complexity index is 682. The third-order valence-electron chi connectivity index (χ3n) is 4.51. The van der Waals surface area contributed by atoms with E-state index in [9.17, 15) is 0 Å². The molecule has 0 atom stereocenters. The molecule has 0 saturated carbocycles. The third-order valence-corrected chi connectivity index (χ3v) is 4.51. The molecule has 2 rings (SSSR count). The Hall–Kier alpha value is -1.85. The van der Waals surface area contributed by atoms with Gasteiger partial charge in [0.2, 0.25) is 0 Å². The molecule has 1 aromatic heterocycles. The van der Waals surface area contributed by atoms with E-state index < -0.39 is 0 Å². The van der Waals surface area contributed by atoms with Gasteiger partial charge in [-0.3, -0.25) is 5.10 Å². The van der Waals surface area contributed by atoms with E-state index in [2.05, 4.69) is 61.1 Å². The molecule has 5 nitrogen and oxygen atoms in total. The monoisotopic (exact) mass is 373 g/mol. The summed E-state index contributed by atoms with van der Waals surface area (Å²) in [6.07, 6.45) is 5.39. The minimum absolute atomic E-state index is 0.552. The van der Waals surface area contributed by atoms with E-state index in [4.69, 9.17) is 9.47 Å². The molecule has 1 aromatic carbocycles. The number of aromatic nitrogens is 2. The molecule has 150 valence electrons. The zero-order valence-corrected chi connectivity index (χ0v) is 17.5. The lowest BCUT2D eigenvalue weighted by atomic mass is 9.98. The molecule has 0 unspecified atom stereocenters. The Kier molecular flexibility index (Phi) is 8.82. The summed E-state index contributed by atoms with van der Waals surface area (Å²) in [5.74, 6) is 1.48. The van der Waals surface area contributed by atoms with Crippen molar-refractivity contribution in [3.8, 4) is 17.0 Å². The Morgan fingerprint density at radius 2 is 2.00 bits per heavy atom. The minimum Gasteiger partial charge on any atom is -0.491 e. The molecule has 0 radical (unpaired) electrons. The normalized spacial score (nSPS) is 11.5. The molecule has 0 aliphatic heterocycles. The summed E-state index contributed by atoms with van der Waals surface area (Å²) in [5.41, 5.74) is 4.73. The van der Waals surface area contributed by atoms with Crippen molar-refractivity contribution in [3.05, 3.63) is 35.5 Å². The fourth-order valence-electron chi connectivity index (χ4n) is 3.20. The third kappa shape index (κ3) is 7.00. The summed E-state index contributed by atoms with van der Waals surface area (Å²) in [6.45, 7) is 9.82. The van der Waals surface area contributed by atoms with Gasteiger partial charge in [0.15, 0.2) is 0 Å². The average Bonchev–Trinajstić information content (AvgIpc) is 3.07. The van der Waals surface area contributed by atoms with Crippen molar-refractivity contribution < 1.29 is 9.47 Å². The Labute approximate surface area is 164 Å². The molecule has 0 aliphatic rings. The number of nitrogens with one attached hydrogen (secondary N) is 1. The highest BCUT2D eigenvalue weighted by Gasteiger charge is 2.13. The number of ether oxygens (including phenoxy) is 2. The lowest BCUT2D eigenvalue weighted by Crippen LogP contribution is -2.19. The van der Waals surface area contributed by atoms with Gasteiger partial charge >= 0.3 is 0 Å². The maximum absolute atomic E-state index is 5.91. The predicted molar refractivity (Wildman–Crippen MR) is 111 cm³/mol. The number of nitrogens with zero attached hydrogens (tertiary/aromatic N) is 2. The number of hydrogen-bond acceptors (Lipinski definition) is 4. The van der Waals surface area contributed by atoms with Crippen LogP contribution in [0.25, 0.3) is 11.3 Å². The molecular formula is C22H35N3O2. The zero-order valence-electron chi connectivity index (χ0n) is 17.5. The van der Waals surface area contributed by atoms with Crippen LogP contribution in [-0.4, -0.2) is 49.0 Å². The van der Waals surface area contributed by atoms with Gasteiger partial charge in [0.25, 0.3) is 0 Å². The van der Waals surface area contributed by atoms with Crippen LogP contribution < -0.4 is 4.74 Å². The second-order valence-corrected chi connectivity index (χ2v) is 7.67. The van der Waals surface area contributed by atoms with Gasteiger partial charge in [0.05, 0.1) is 18.5 Å². The Morgan fingerprint density at radius 1 is 1.19 bits per heavy atom. The van der Waals surface area contributed by atoms with Crippen molar-refractivity contribution in [2.45, 2.75) is 46.6 Å². The second-order valence-electron chi connectivity index (χ2n) is 7.67. The van der Waals surface area contributed by atoms with Crippen molar-refractivity contribution in [3.63, 3.8) is 0 Å². The number of H-pyrrole nitrogens is 1. The first-order valence-corrected chi connectivity index (χ1v) is 10.00. The van der Waals surface area contributed by atoms with E-state index >= 15 is 0 Å². The van der Waals surface area contributed by atoms with Crippen molar-refractivity contribution in [1.82, 2.24) is 15.1 Å². The van der Waals surface area contributed by atoms with Crippen LogP contribution >= 0.6 is 0 Å². The van der Waals surface area contributed by atoms with E-state index in [-0.39, 0.29) is 0 Å². The van der Waals surface area contributed by atoms with E-state index in [1.165, 1.54) is 24.0 Å². The lowest BCUT2D eigenvalue weighted by molar-refractivity contribution is 0.146. The fraction of sp³-hybridized carbons (Fsp3) is 0.591. The van der Waals surface area contributed by atoms with Gasteiger partial charge in [0, 0.05) is 24.8 Å². The maximum atomic E-state index is 5.91. The number of methoxy groups -OCH3 is 1. The molecule has 0 amide bonds. The van der Waals surface area contributed by atoms with Gasteiger partial charge in [-0.05, 0) is 56.1 Å². The summed E-state index contributed by atoms with van der Waals surface area (Å²) >= 11 is 0. The SMILES string of the molecule is CCCCN(C)Cc1cn[nH]c1-c1cc(CC(C)C)cc(OCCOC)c1. The molecular weight excluding hydrogens is 338 g/mol. The molecule has 0 fully saturated rings. The largest absolute Gasteiger partial charge is 0.491 e. The predicted octanol–water partition coefficient (Wildman–Crippen LogP) is 4.53. The average molecular weight is 374 g/mol. The van der Waals surface area contributed by atoms with Gasteiger partial charge in [-0.1, -0.05) is 27.2 Å². The number of aromatic amines is 1. The summed E-state index contributed by atoms with van der Waals surface area (Å²) < 4.78 is 11.0. The van der Waals surface area contributed by atoms with Gasteiger partial charge in [-0.2, -0.15) is 5.10 Å². The highest BCUT2D eigenvalue weighted by Crippen LogP contribution is 2.29. The first-order valence-electron chi connectivity index (χ1n) is 10.00. The van der Waals surface area contributed by atoms with Crippen LogP contribution in [0.3, 0.4) is 0 Å². The molecule has 0 saturated heterocycles. The van der Waals surface area contributed by atoms with Crippen LogP contribution in [0.15, 0.2) is 24.4 Å². The highest BCUT2D eigenvalue weighted by molar-refractivity contribution is 5.65. The molecule has 1 heterocycles. The number of rotatable bonds is 12. The van der Waals surface area contributed by atoms with Gasteiger partial charge in [0.1, 0.15) is 12.4 Å². The van der Waals surface area contributed by atoms with Crippen molar-refractivity contribution >= 4 is 0 Å². The molecule has 0 aliphatic carbocycles. The summed E-state index contributed by atoms with van der Waals surface area (Å²) in [5, 5.41) is 7.52. The number of unbranched alkanes of at least 4 members (excludes halogenated alkanes) is 1. The smallest absolute Gasteiger partial charge is 0.120 e. The van der Waals surface area contributed by atoms with Crippen LogP contribution in [0, 0.1) is 5.92 Å². The van der Waals surface area contributed by atoms with E-state index in [0.29, 0.717) is 19.1 Å². The van der Waals surface area contributed by atoms with Crippen molar-refractivity contribution in [2.75, 3.05) is 33.9 Å². The molecule has 2 aromatic rings. The van der Waals surface area contributed by atoms with E-state index in [1.54, 1.807) is 7.11 Å². The standard InChI is InChI=1S/C22H35N3O2/c1-6-7-8-25(4)16-20-15-23-24-22(20)19-12-18(11-17(2)3)13-21(14-19)27-10-9-26-5/h12-15,17H,6-11,16H2,1-5H3,(H,23,24). The van der Waals surface area contributed by atoms with Crippen LogP contribution in [0.4, 0.5) is 0 Å². The molecule has 5 heteroatoms. The topological polar surface area (TPSA) is 50.4 Å².